The van der Waals surface area contributed by atoms with Crippen LogP contribution in [0, 0.1) is 6.92 Å². The Morgan fingerprint density at radius 3 is 2.67 bits per heavy atom. The van der Waals surface area contributed by atoms with Gasteiger partial charge < -0.3 is 15.0 Å². The fourth-order valence-corrected chi connectivity index (χ4v) is 2.79. The third-order valence-electron chi connectivity index (χ3n) is 3.92. The fourth-order valence-electron chi connectivity index (χ4n) is 2.79. The molecular formula is C17H18N2O2. The first-order valence-corrected chi connectivity index (χ1v) is 6.89. The second-order valence-corrected chi connectivity index (χ2v) is 5.23. The van der Waals surface area contributed by atoms with E-state index in [2.05, 4.69) is 10.2 Å². The fraction of sp³-hybridized carbons (Fsp3) is 0.235. The monoisotopic (exact) mass is 282 g/mol. The summed E-state index contributed by atoms with van der Waals surface area (Å²) in [5, 5.41) is 3.05. The predicted octanol–water partition coefficient (Wildman–Crippen LogP) is 2.88. The molecule has 0 aliphatic carbocycles. The van der Waals surface area contributed by atoms with Gasteiger partial charge in [-0.25, -0.2) is 0 Å². The number of ether oxygens (including phenoxy) is 1. The van der Waals surface area contributed by atoms with E-state index in [1.165, 1.54) is 0 Å². The number of fused-ring (bicyclic) bond motifs is 1. The Labute approximate surface area is 124 Å². The summed E-state index contributed by atoms with van der Waals surface area (Å²) < 4.78 is 5.29. The number of carbonyl (C=O) groups is 1. The lowest BCUT2D eigenvalue weighted by atomic mass is 10.0. The van der Waals surface area contributed by atoms with Crippen molar-refractivity contribution in [2.45, 2.75) is 13.1 Å². The number of hydrogen-bond acceptors (Lipinski definition) is 3. The van der Waals surface area contributed by atoms with Gasteiger partial charge in [-0.05, 0) is 42.3 Å². The first-order chi connectivity index (χ1) is 10.1. The number of benzene rings is 2. The van der Waals surface area contributed by atoms with Crippen molar-refractivity contribution in [3.05, 3.63) is 59.2 Å². The lowest BCUT2D eigenvalue weighted by Crippen LogP contribution is -2.44. The molecule has 0 fully saturated rings. The minimum absolute atomic E-state index is 0.0397. The predicted molar refractivity (Wildman–Crippen MR) is 82.8 cm³/mol. The molecule has 0 spiro atoms. The number of anilines is 1. The van der Waals surface area contributed by atoms with Crippen LogP contribution in [-0.2, 0) is 0 Å². The maximum atomic E-state index is 12.3. The molecule has 3 rings (SSSR count). The van der Waals surface area contributed by atoms with Gasteiger partial charge in [-0.2, -0.15) is 0 Å². The summed E-state index contributed by atoms with van der Waals surface area (Å²) in [6.45, 7) is 2.00. The second-order valence-electron chi connectivity index (χ2n) is 5.23. The Bertz CT molecular complexity index is 697. The van der Waals surface area contributed by atoms with Gasteiger partial charge in [-0.15, -0.1) is 0 Å². The van der Waals surface area contributed by atoms with E-state index in [1.54, 1.807) is 7.11 Å². The minimum atomic E-state index is -0.169. The van der Waals surface area contributed by atoms with Crippen molar-refractivity contribution in [2.24, 2.45) is 0 Å². The smallest absolute Gasteiger partial charge is 0.255 e. The number of amides is 1. The molecule has 0 saturated carbocycles. The molecule has 21 heavy (non-hydrogen) atoms. The zero-order chi connectivity index (χ0) is 15.0. The number of nitrogens with one attached hydrogen (secondary N) is 1. The lowest BCUT2D eigenvalue weighted by Gasteiger charge is -2.36. The molecule has 0 bridgehead atoms. The molecule has 4 nitrogen and oxygen atoms in total. The maximum absolute atomic E-state index is 12.3. The number of hydrogen-bond donors (Lipinski definition) is 1. The van der Waals surface area contributed by atoms with Crippen LogP contribution in [0.5, 0.6) is 5.75 Å². The topological polar surface area (TPSA) is 41.6 Å². The summed E-state index contributed by atoms with van der Waals surface area (Å²) >= 11 is 0. The number of aryl methyl sites for hydroxylation is 1. The number of para-hydroxylation sites is 1. The van der Waals surface area contributed by atoms with E-state index >= 15 is 0 Å². The molecule has 1 unspecified atom stereocenters. The van der Waals surface area contributed by atoms with Gasteiger partial charge in [0.2, 0.25) is 0 Å². The van der Waals surface area contributed by atoms with Crippen LogP contribution >= 0.6 is 0 Å². The van der Waals surface area contributed by atoms with Crippen molar-refractivity contribution in [3.8, 4) is 5.75 Å². The highest BCUT2D eigenvalue weighted by atomic mass is 16.5. The number of methoxy groups -OCH3 is 1. The van der Waals surface area contributed by atoms with Crippen LogP contribution in [0.15, 0.2) is 42.5 Å². The molecule has 0 saturated heterocycles. The summed E-state index contributed by atoms with van der Waals surface area (Å²) in [6, 6.07) is 13.6. The zero-order valence-electron chi connectivity index (χ0n) is 12.4. The molecule has 1 N–H and O–H groups in total. The van der Waals surface area contributed by atoms with Crippen LogP contribution in [-0.4, -0.2) is 20.1 Å². The molecule has 108 valence electrons. The van der Waals surface area contributed by atoms with E-state index in [4.69, 9.17) is 4.74 Å². The highest BCUT2D eigenvalue weighted by Crippen LogP contribution is 2.32. The maximum Gasteiger partial charge on any atom is 0.255 e. The normalized spacial score (nSPS) is 17.2. The van der Waals surface area contributed by atoms with E-state index in [0.29, 0.717) is 5.56 Å². The molecule has 2 aromatic carbocycles. The van der Waals surface area contributed by atoms with E-state index in [1.807, 2.05) is 56.4 Å². The molecule has 1 heterocycles. The standard InChI is InChI=1S/C17H18N2O2/c1-11-10-12(8-9-15(11)21-3)16-18-17(20)13-6-4-5-7-14(13)19(16)2/h4-10,16H,1-3H3,(H,18,20). The van der Waals surface area contributed by atoms with Crippen LogP contribution in [0.4, 0.5) is 5.69 Å². The van der Waals surface area contributed by atoms with E-state index < -0.39 is 0 Å². The van der Waals surface area contributed by atoms with Crippen molar-refractivity contribution in [2.75, 3.05) is 19.1 Å². The molecule has 1 atom stereocenters. The number of rotatable bonds is 2. The SMILES string of the molecule is COc1ccc(C2NC(=O)c3ccccc3N2C)cc1C. The highest BCUT2D eigenvalue weighted by Gasteiger charge is 2.29. The van der Waals surface area contributed by atoms with Crippen molar-refractivity contribution >= 4 is 11.6 Å². The molecule has 0 aromatic heterocycles. The van der Waals surface area contributed by atoms with Crippen molar-refractivity contribution in [1.29, 1.82) is 0 Å². The largest absolute Gasteiger partial charge is 0.496 e. The highest BCUT2D eigenvalue weighted by molar-refractivity contribution is 6.01. The van der Waals surface area contributed by atoms with Gasteiger partial charge in [0, 0.05) is 7.05 Å². The molecule has 0 radical (unpaired) electrons. The molecule has 1 aliphatic rings. The van der Waals surface area contributed by atoms with Gasteiger partial charge >= 0.3 is 0 Å². The Hall–Kier alpha value is -2.49. The van der Waals surface area contributed by atoms with Gasteiger partial charge in [0.1, 0.15) is 11.9 Å². The lowest BCUT2D eigenvalue weighted by molar-refractivity contribution is 0.0928. The van der Waals surface area contributed by atoms with Gasteiger partial charge in [-0.1, -0.05) is 18.2 Å². The summed E-state index contributed by atoms with van der Waals surface area (Å²) in [5.41, 5.74) is 3.75. The quantitative estimate of drug-likeness (QED) is 0.921. The van der Waals surface area contributed by atoms with Crippen LogP contribution in [0.3, 0.4) is 0 Å². The molecule has 4 heteroatoms. The Balaban J connectivity index is 2.01. The van der Waals surface area contributed by atoms with E-state index in [0.717, 1.165) is 22.6 Å². The summed E-state index contributed by atoms with van der Waals surface area (Å²) in [4.78, 5) is 14.3. The van der Waals surface area contributed by atoms with Crippen molar-refractivity contribution in [1.82, 2.24) is 5.32 Å². The zero-order valence-corrected chi connectivity index (χ0v) is 12.4. The summed E-state index contributed by atoms with van der Waals surface area (Å²) in [6.07, 6.45) is -0.169. The first-order valence-electron chi connectivity index (χ1n) is 6.89. The first kappa shape index (κ1) is 13.5. The Morgan fingerprint density at radius 2 is 1.95 bits per heavy atom. The van der Waals surface area contributed by atoms with Gasteiger partial charge in [0.15, 0.2) is 0 Å². The number of nitrogens with zero attached hydrogens (tertiary/aromatic N) is 1. The third kappa shape index (κ3) is 2.23. The second kappa shape index (κ2) is 5.13. The van der Waals surface area contributed by atoms with E-state index in [-0.39, 0.29) is 12.1 Å². The van der Waals surface area contributed by atoms with Crippen LogP contribution in [0.1, 0.15) is 27.7 Å². The van der Waals surface area contributed by atoms with Crippen LogP contribution in [0.25, 0.3) is 0 Å². The Kier molecular flexibility index (Phi) is 3.29. The molecule has 1 amide bonds. The van der Waals surface area contributed by atoms with Crippen molar-refractivity contribution < 1.29 is 9.53 Å². The van der Waals surface area contributed by atoms with Gasteiger partial charge in [-0.3, -0.25) is 4.79 Å². The van der Waals surface area contributed by atoms with Crippen LogP contribution < -0.4 is 15.0 Å². The number of carbonyl (C=O) groups excluding carboxylic acids is 1. The average molecular weight is 282 g/mol. The summed E-state index contributed by atoms with van der Waals surface area (Å²) in [7, 11) is 3.65. The molecule has 2 aromatic rings. The Morgan fingerprint density at radius 1 is 1.19 bits per heavy atom. The van der Waals surface area contributed by atoms with Gasteiger partial charge in [0.25, 0.3) is 5.91 Å². The van der Waals surface area contributed by atoms with Crippen molar-refractivity contribution in [3.63, 3.8) is 0 Å². The molecule has 1 aliphatic heterocycles. The van der Waals surface area contributed by atoms with Gasteiger partial charge in [0.05, 0.1) is 18.4 Å². The van der Waals surface area contributed by atoms with E-state index in [9.17, 15) is 4.79 Å². The third-order valence-corrected chi connectivity index (χ3v) is 3.92. The minimum Gasteiger partial charge on any atom is -0.496 e. The summed E-state index contributed by atoms with van der Waals surface area (Å²) in [5.74, 6) is 0.811. The molecular weight excluding hydrogens is 264 g/mol. The van der Waals surface area contributed by atoms with Crippen LogP contribution in [0.2, 0.25) is 0 Å². The average Bonchev–Trinajstić information content (AvgIpc) is 2.51.